The molecular weight excluding hydrogens is 268 g/mol. The Morgan fingerprint density at radius 3 is 2.67 bits per heavy atom. The lowest BCUT2D eigenvalue weighted by molar-refractivity contribution is 0.0690. The Morgan fingerprint density at radius 1 is 1.48 bits per heavy atom. The number of nitrogens with zero attached hydrogens (tertiary/aromatic N) is 3. The number of aromatic carboxylic acids is 1. The molecule has 116 valence electrons. The van der Waals surface area contributed by atoms with Crippen molar-refractivity contribution < 1.29 is 9.90 Å². The van der Waals surface area contributed by atoms with E-state index >= 15 is 0 Å². The highest BCUT2D eigenvalue weighted by Gasteiger charge is 2.25. The van der Waals surface area contributed by atoms with E-state index in [9.17, 15) is 9.90 Å². The molecule has 1 aromatic heterocycles. The van der Waals surface area contributed by atoms with E-state index in [1.807, 2.05) is 20.8 Å². The number of hydrogen-bond acceptors (Lipinski definition) is 5. The number of carboxylic acids is 1. The van der Waals surface area contributed by atoms with Crippen molar-refractivity contribution in [1.29, 1.82) is 0 Å². The Labute approximate surface area is 125 Å². The van der Waals surface area contributed by atoms with E-state index in [1.54, 1.807) is 6.20 Å². The monoisotopic (exact) mass is 292 g/mol. The molecule has 2 rings (SSSR count). The van der Waals surface area contributed by atoms with Gasteiger partial charge in [-0.2, -0.15) is 0 Å². The maximum Gasteiger partial charge on any atom is 0.356 e. The van der Waals surface area contributed by atoms with Crippen molar-refractivity contribution >= 4 is 11.7 Å². The van der Waals surface area contributed by atoms with E-state index in [0.717, 1.165) is 32.5 Å². The molecule has 1 saturated heterocycles. The summed E-state index contributed by atoms with van der Waals surface area (Å²) < 4.78 is 0. The van der Waals surface area contributed by atoms with Gasteiger partial charge in [-0.3, -0.25) is 0 Å². The van der Waals surface area contributed by atoms with Crippen molar-refractivity contribution in [2.24, 2.45) is 0 Å². The molecule has 0 aromatic carbocycles. The predicted molar refractivity (Wildman–Crippen MR) is 82.0 cm³/mol. The molecule has 1 fully saturated rings. The van der Waals surface area contributed by atoms with Gasteiger partial charge in [-0.05, 0) is 32.9 Å². The third-order valence-corrected chi connectivity index (χ3v) is 3.91. The van der Waals surface area contributed by atoms with Crippen LogP contribution in [0.15, 0.2) is 6.20 Å². The topological polar surface area (TPSA) is 78.4 Å². The molecule has 2 N–H and O–H groups in total. The second-order valence-corrected chi connectivity index (χ2v) is 5.69. The molecule has 21 heavy (non-hydrogen) atoms. The van der Waals surface area contributed by atoms with Gasteiger partial charge in [0.1, 0.15) is 5.82 Å². The minimum atomic E-state index is -0.985. The lowest BCUT2D eigenvalue weighted by Gasteiger charge is -2.35. The third-order valence-electron chi connectivity index (χ3n) is 3.91. The van der Waals surface area contributed by atoms with Crippen molar-refractivity contribution in [3.63, 3.8) is 0 Å². The van der Waals surface area contributed by atoms with E-state index < -0.39 is 5.97 Å². The van der Waals surface area contributed by atoms with Gasteiger partial charge in [0, 0.05) is 18.5 Å². The summed E-state index contributed by atoms with van der Waals surface area (Å²) in [6, 6.07) is 0.350. The maximum atomic E-state index is 11.6. The number of carboxylic acid groups (broad SMARTS) is 1. The summed E-state index contributed by atoms with van der Waals surface area (Å²) in [6.45, 7) is 8.67. The Morgan fingerprint density at radius 2 is 2.14 bits per heavy atom. The number of piperidine rings is 1. The largest absolute Gasteiger partial charge is 0.476 e. The number of hydrogen-bond donors (Lipinski definition) is 2. The van der Waals surface area contributed by atoms with Crippen molar-refractivity contribution in [1.82, 2.24) is 15.3 Å². The highest BCUT2D eigenvalue weighted by Crippen LogP contribution is 2.25. The number of aromatic nitrogens is 2. The van der Waals surface area contributed by atoms with E-state index in [4.69, 9.17) is 0 Å². The van der Waals surface area contributed by atoms with Crippen molar-refractivity contribution in [3.05, 3.63) is 17.7 Å². The summed E-state index contributed by atoms with van der Waals surface area (Å²) >= 11 is 0. The second kappa shape index (κ2) is 6.85. The van der Waals surface area contributed by atoms with Gasteiger partial charge >= 0.3 is 5.97 Å². The Balaban J connectivity index is 2.37. The molecule has 6 nitrogen and oxygen atoms in total. The van der Waals surface area contributed by atoms with Crippen LogP contribution in [-0.4, -0.2) is 46.7 Å². The molecule has 0 radical (unpaired) electrons. The highest BCUT2D eigenvalue weighted by atomic mass is 16.4. The van der Waals surface area contributed by atoms with Gasteiger partial charge < -0.3 is 15.3 Å². The summed E-state index contributed by atoms with van der Waals surface area (Å²) in [5.41, 5.74) is 0.760. The van der Waals surface area contributed by atoms with Gasteiger partial charge in [0.05, 0.1) is 11.9 Å². The smallest absolute Gasteiger partial charge is 0.356 e. The first-order valence-corrected chi connectivity index (χ1v) is 7.62. The van der Waals surface area contributed by atoms with E-state index in [2.05, 4.69) is 20.2 Å². The normalized spacial score (nSPS) is 16.2. The molecule has 0 amide bonds. The third kappa shape index (κ3) is 3.50. The summed E-state index contributed by atoms with van der Waals surface area (Å²) in [5, 5.41) is 12.8. The zero-order valence-electron chi connectivity index (χ0n) is 13.0. The molecule has 0 unspecified atom stereocenters. The molecule has 1 aromatic rings. The molecule has 6 heteroatoms. The van der Waals surface area contributed by atoms with Crippen LogP contribution in [0.2, 0.25) is 0 Å². The molecule has 0 atom stereocenters. The summed E-state index contributed by atoms with van der Waals surface area (Å²) in [6.07, 6.45) is 3.70. The molecule has 1 aliphatic heterocycles. The van der Waals surface area contributed by atoms with Crippen LogP contribution in [0.1, 0.15) is 55.8 Å². The average molecular weight is 292 g/mol. The SMILES string of the molecule is CCN(c1cnc(C(C)C)nc1C(=O)O)C1CCNCC1. The van der Waals surface area contributed by atoms with Crippen LogP contribution in [0, 0.1) is 0 Å². The molecular formula is C15H24N4O2. The van der Waals surface area contributed by atoms with Crippen LogP contribution in [0.25, 0.3) is 0 Å². The summed E-state index contributed by atoms with van der Waals surface area (Å²) in [5.74, 6) is -0.287. The van der Waals surface area contributed by atoms with Crippen molar-refractivity contribution in [2.75, 3.05) is 24.5 Å². The average Bonchev–Trinajstić information content (AvgIpc) is 2.49. The fraction of sp³-hybridized carbons (Fsp3) is 0.667. The molecule has 0 saturated carbocycles. The minimum Gasteiger partial charge on any atom is -0.476 e. The Bertz CT molecular complexity index is 498. The molecule has 0 aliphatic carbocycles. The second-order valence-electron chi connectivity index (χ2n) is 5.69. The van der Waals surface area contributed by atoms with Crippen LogP contribution >= 0.6 is 0 Å². The van der Waals surface area contributed by atoms with Gasteiger partial charge in [-0.25, -0.2) is 14.8 Å². The number of anilines is 1. The first kappa shape index (κ1) is 15.7. The van der Waals surface area contributed by atoms with Crippen LogP contribution in [0.3, 0.4) is 0 Å². The Kier molecular flexibility index (Phi) is 5.12. The van der Waals surface area contributed by atoms with Gasteiger partial charge in [0.2, 0.25) is 0 Å². The van der Waals surface area contributed by atoms with Crippen LogP contribution < -0.4 is 10.2 Å². The van der Waals surface area contributed by atoms with E-state index in [0.29, 0.717) is 17.6 Å². The summed E-state index contributed by atoms with van der Waals surface area (Å²) in [4.78, 5) is 22.3. The summed E-state index contributed by atoms with van der Waals surface area (Å²) in [7, 11) is 0. The van der Waals surface area contributed by atoms with Gasteiger partial charge in [-0.1, -0.05) is 13.8 Å². The van der Waals surface area contributed by atoms with Crippen LogP contribution in [0.5, 0.6) is 0 Å². The lowest BCUT2D eigenvalue weighted by Crippen LogP contribution is -2.44. The highest BCUT2D eigenvalue weighted by molar-refractivity contribution is 5.92. The van der Waals surface area contributed by atoms with Crippen molar-refractivity contribution in [2.45, 2.75) is 45.6 Å². The zero-order chi connectivity index (χ0) is 15.4. The molecule has 1 aliphatic rings. The maximum absolute atomic E-state index is 11.6. The van der Waals surface area contributed by atoms with E-state index in [-0.39, 0.29) is 11.6 Å². The molecule has 2 heterocycles. The van der Waals surface area contributed by atoms with Gasteiger partial charge in [-0.15, -0.1) is 0 Å². The van der Waals surface area contributed by atoms with Crippen molar-refractivity contribution in [3.8, 4) is 0 Å². The fourth-order valence-corrected chi connectivity index (χ4v) is 2.78. The molecule has 0 bridgehead atoms. The van der Waals surface area contributed by atoms with Gasteiger partial charge in [0.25, 0.3) is 0 Å². The fourth-order valence-electron chi connectivity index (χ4n) is 2.78. The number of nitrogens with one attached hydrogen (secondary N) is 1. The van der Waals surface area contributed by atoms with E-state index in [1.165, 1.54) is 0 Å². The first-order valence-electron chi connectivity index (χ1n) is 7.62. The standard InChI is InChI=1S/C15H24N4O2/c1-4-19(11-5-7-16-8-6-11)12-9-17-14(10(2)3)18-13(12)15(20)21/h9-11,16H,4-8H2,1-3H3,(H,20,21). The van der Waals surface area contributed by atoms with Crippen LogP contribution in [-0.2, 0) is 0 Å². The Hall–Kier alpha value is -1.69. The number of carbonyl (C=O) groups is 1. The minimum absolute atomic E-state index is 0.117. The lowest BCUT2D eigenvalue weighted by atomic mass is 10.0. The predicted octanol–water partition coefficient (Wildman–Crippen LogP) is 1.88. The van der Waals surface area contributed by atoms with Gasteiger partial charge in [0.15, 0.2) is 5.69 Å². The zero-order valence-corrected chi connectivity index (χ0v) is 13.0. The first-order chi connectivity index (χ1) is 10.0. The quantitative estimate of drug-likeness (QED) is 0.862. The van der Waals surface area contributed by atoms with Crippen LogP contribution in [0.4, 0.5) is 5.69 Å². The number of rotatable bonds is 5. The molecule has 0 spiro atoms.